The van der Waals surface area contributed by atoms with E-state index in [1.165, 1.54) is 6.42 Å². The number of rotatable bonds is 6. The van der Waals surface area contributed by atoms with Gasteiger partial charge in [0.05, 0.1) is 6.54 Å². The number of aryl methyl sites for hydroxylation is 1. The molecule has 0 spiro atoms. The minimum atomic E-state index is 0.588. The Labute approximate surface area is 121 Å². The highest BCUT2D eigenvalue weighted by molar-refractivity contribution is 5.80. The summed E-state index contributed by atoms with van der Waals surface area (Å²) in [6.07, 6.45) is 1.24. The van der Waals surface area contributed by atoms with Crippen molar-refractivity contribution in [1.29, 1.82) is 0 Å². The Bertz CT molecular complexity index is 459. The first kappa shape index (κ1) is 14.7. The van der Waals surface area contributed by atoms with Gasteiger partial charge in [-0.3, -0.25) is 0 Å². The van der Waals surface area contributed by atoms with Crippen LogP contribution in [0.4, 0.5) is 0 Å². The second-order valence-corrected chi connectivity index (χ2v) is 5.34. The highest BCUT2D eigenvalue weighted by Crippen LogP contribution is 2.28. The lowest BCUT2D eigenvalue weighted by Crippen LogP contribution is -2.39. The molecule has 2 rings (SSSR count). The molecule has 4 heteroatoms. The molecule has 1 aliphatic carbocycles. The third-order valence-electron chi connectivity index (χ3n) is 3.49. The van der Waals surface area contributed by atoms with Gasteiger partial charge in [0.2, 0.25) is 0 Å². The number of ether oxygens (including phenoxy) is 1. The average Bonchev–Trinajstić information content (AvgIpc) is 3.12. The van der Waals surface area contributed by atoms with Crippen LogP contribution in [-0.2, 0) is 0 Å². The molecule has 0 heterocycles. The van der Waals surface area contributed by atoms with Crippen LogP contribution in [-0.4, -0.2) is 31.7 Å². The molecule has 0 aromatic heterocycles. The lowest BCUT2D eigenvalue weighted by Gasteiger charge is -2.11. The van der Waals surface area contributed by atoms with E-state index >= 15 is 0 Å². The zero-order chi connectivity index (χ0) is 14.4. The molecular weight excluding hydrogens is 250 g/mol. The van der Waals surface area contributed by atoms with Gasteiger partial charge in [0, 0.05) is 12.6 Å². The zero-order valence-electron chi connectivity index (χ0n) is 12.6. The first-order valence-corrected chi connectivity index (χ1v) is 7.44. The fraction of sp³-hybridized carbons (Fsp3) is 0.562. The predicted molar refractivity (Wildman–Crippen MR) is 83.4 cm³/mol. The van der Waals surface area contributed by atoms with E-state index in [9.17, 15) is 0 Å². The summed E-state index contributed by atoms with van der Waals surface area (Å²) >= 11 is 0. The summed E-state index contributed by atoms with van der Waals surface area (Å²) in [6.45, 7) is 8.52. The summed E-state index contributed by atoms with van der Waals surface area (Å²) in [5, 5.41) is 6.70. The smallest absolute Gasteiger partial charge is 0.191 e. The highest BCUT2D eigenvalue weighted by atomic mass is 16.5. The van der Waals surface area contributed by atoms with Gasteiger partial charge in [0.1, 0.15) is 12.4 Å². The van der Waals surface area contributed by atoms with Gasteiger partial charge in [0.25, 0.3) is 0 Å². The van der Waals surface area contributed by atoms with Gasteiger partial charge >= 0.3 is 0 Å². The summed E-state index contributed by atoms with van der Waals surface area (Å²) in [6, 6.07) is 8.65. The minimum absolute atomic E-state index is 0.588. The predicted octanol–water partition coefficient (Wildman–Crippen LogP) is 2.34. The van der Waals surface area contributed by atoms with E-state index < -0.39 is 0 Å². The lowest BCUT2D eigenvalue weighted by atomic mass is 10.2. The fourth-order valence-corrected chi connectivity index (χ4v) is 2.05. The van der Waals surface area contributed by atoms with Gasteiger partial charge in [-0.1, -0.05) is 25.1 Å². The fourth-order valence-electron chi connectivity index (χ4n) is 2.05. The van der Waals surface area contributed by atoms with Crippen molar-refractivity contribution in [2.24, 2.45) is 10.9 Å². The average molecular weight is 275 g/mol. The molecule has 110 valence electrons. The molecule has 1 saturated carbocycles. The Hall–Kier alpha value is -1.71. The minimum Gasteiger partial charge on any atom is -0.491 e. The van der Waals surface area contributed by atoms with E-state index in [1.807, 2.05) is 18.2 Å². The van der Waals surface area contributed by atoms with Gasteiger partial charge < -0.3 is 15.4 Å². The monoisotopic (exact) mass is 275 g/mol. The molecule has 0 saturated heterocycles. The molecule has 1 aromatic carbocycles. The van der Waals surface area contributed by atoms with E-state index in [2.05, 4.69) is 42.5 Å². The third kappa shape index (κ3) is 4.44. The number of para-hydroxylation sites is 1. The Morgan fingerprint density at radius 2 is 2.15 bits per heavy atom. The van der Waals surface area contributed by atoms with Crippen LogP contribution in [0.15, 0.2) is 29.3 Å². The number of hydrogen-bond acceptors (Lipinski definition) is 2. The Kier molecular flexibility index (Phi) is 5.27. The maximum atomic E-state index is 5.74. The molecular formula is C16H25N3O. The highest BCUT2D eigenvalue weighted by Gasteiger charge is 2.33. The molecule has 20 heavy (non-hydrogen) atoms. The Balaban J connectivity index is 1.76. The molecule has 2 unspecified atom stereocenters. The van der Waals surface area contributed by atoms with Gasteiger partial charge in [-0.15, -0.1) is 0 Å². The summed E-state index contributed by atoms with van der Waals surface area (Å²) in [4.78, 5) is 4.54. The second-order valence-electron chi connectivity index (χ2n) is 5.34. The van der Waals surface area contributed by atoms with E-state index in [4.69, 9.17) is 4.74 Å². The number of benzene rings is 1. The first-order valence-electron chi connectivity index (χ1n) is 7.44. The van der Waals surface area contributed by atoms with Crippen molar-refractivity contribution >= 4 is 5.96 Å². The van der Waals surface area contributed by atoms with E-state index in [-0.39, 0.29) is 0 Å². The molecule has 4 nitrogen and oxygen atoms in total. The normalized spacial score (nSPS) is 21.4. The van der Waals surface area contributed by atoms with E-state index in [0.29, 0.717) is 19.2 Å². The molecule has 2 N–H and O–H groups in total. The van der Waals surface area contributed by atoms with Crippen molar-refractivity contribution < 1.29 is 4.74 Å². The van der Waals surface area contributed by atoms with Gasteiger partial charge in [-0.25, -0.2) is 4.99 Å². The molecule has 2 atom stereocenters. The molecule has 0 aliphatic heterocycles. The molecule has 1 fully saturated rings. The number of aliphatic imine (C=N–C) groups is 1. The van der Waals surface area contributed by atoms with Crippen LogP contribution in [0.3, 0.4) is 0 Å². The standard InChI is InChI=1S/C16H25N3O/c1-4-17-16(19-14-11-13(14)3)18-9-10-20-15-8-6-5-7-12(15)2/h5-8,13-14H,4,9-11H2,1-3H3,(H2,17,18,19). The van der Waals surface area contributed by atoms with Crippen molar-refractivity contribution in [3.63, 3.8) is 0 Å². The van der Waals surface area contributed by atoms with Gasteiger partial charge in [-0.2, -0.15) is 0 Å². The number of nitrogens with zero attached hydrogens (tertiary/aromatic N) is 1. The Morgan fingerprint density at radius 1 is 1.40 bits per heavy atom. The van der Waals surface area contributed by atoms with Crippen LogP contribution in [0.25, 0.3) is 0 Å². The zero-order valence-corrected chi connectivity index (χ0v) is 12.6. The van der Waals surface area contributed by atoms with Crippen LogP contribution in [0.1, 0.15) is 25.8 Å². The molecule has 0 bridgehead atoms. The summed E-state index contributed by atoms with van der Waals surface area (Å²) in [7, 11) is 0. The van der Waals surface area contributed by atoms with Crippen LogP contribution in [0, 0.1) is 12.8 Å². The Morgan fingerprint density at radius 3 is 2.80 bits per heavy atom. The van der Waals surface area contributed by atoms with Crippen molar-refractivity contribution in [3.8, 4) is 5.75 Å². The number of hydrogen-bond donors (Lipinski definition) is 2. The van der Waals surface area contributed by atoms with Crippen molar-refractivity contribution in [3.05, 3.63) is 29.8 Å². The van der Waals surface area contributed by atoms with Crippen LogP contribution in [0.5, 0.6) is 5.75 Å². The maximum absolute atomic E-state index is 5.74. The maximum Gasteiger partial charge on any atom is 0.191 e. The summed E-state index contributed by atoms with van der Waals surface area (Å²) < 4.78 is 5.74. The lowest BCUT2D eigenvalue weighted by molar-refractivity contribution is 0.326. The number of nitrogens with one attached hydrogen (secondary N) is 2. The van der Waals surface area contributed by atoms with Gasteiger partial charge in [0.15, 0.2) is 5.96 Å². The largest absolute Gasteiger partial charge is 0.491 e. The summed E-state index contributed by atoms with van der Waals surface area (Å²) in [5.41, 5.74) is 1.16. The van der Waals surface area contributed by atoms with E-state index in [0.717, 1.165) is 29.7 Å². The van der Waals surface area contributed by atoms with Crippen LogP contribution < -0.4 is 15.4 Å². The quantitative estimate of drug-likeness (QED) is 0.476. The molecule has 0 amide bonds. The number of guanidine groups is 1. The first-order chi connectivity index (χ1) is 9.70. The van der Waals surface area contributed by atoms with Gasteiger partial charge in [-0.05, 0) is 37.8 Å². The van der Waals surface area contributed by atoms with Crippen molar-refractivity contribution in [2.45, 2.75) is 33.2 Å². The molecule has 1 aliphatic rings. The molecule has 1 aromatic rings. The SMILES string of the molecule is CCNC(=NCCOc1ccccc1C)NC1CC1C. The van der Waals surface area contributed by atoms with Crippen LogP contribution in [0.2, 0.25) is 0 Å². The van der Waals surface area contributed by atoms with Crippen molar-refractivity contribution in [2.75, 3.05) is 19.7 Å². The summed E-state index contributed by atoms with van der Waals surface area (Å²) in [5.74, 6) is 2.61. The van der Waals surface area contributed by atoms with Crippen molar-refractivity contribution in [1.82, 2.24) is 10.6 Å². The second kappa shape index (κ2) is 7.17. The topological polar surface area (TPSA) is 45.7 Å². The van der Waals surface area contributed by atoms with E-state index in [1.54, 1.807) is 0 Å². The third-order valence-corrected chi connectivity index (χ3v) is 3.49. The molecule has 0 radical (unpaired) electrons. The van der Waals surface area contributed by atoms with Crippen LogP contribution >= 0.6 is 0 Å².